The van der Waals surface area contributed by atoms with Crippen LogP contribution < -0.4 is 10.5 Å². The molecule has 2 aromatic carbocycles. The first-order valence-electron chi connectivity index (χ1n) is 9.25. The molecule has 4 rings (SSSR count). The summed E-state index contributed by atoms with van der Waals surface area (Å²) >= 11 is 0. The largest absolute Gasteiger partial charge is 0.485 e. The van der Waals surface area contributed by atoms with Gasteiger partial charge in [-0.3, -0.25) is 0 Å². The third-order valence-corrected chi connectivity index (χ3v) is 4.62. The molecule has 0 saturated heterocycles. The van der Waals surface area contributed by atoms with Crippen LogP contribution in [0.25, 0.3) is 23.0 Å². The summed E-state index contributed by atoms with van der Waals surface area (Å²) < 4.78 is 17.1. The number of nitrogen functional groups attached to an aromatic ring is 1. The van der Waals surface area contributed by atoms with E-state index in [2.05, 4.69) is 16.7 Å². The van der Waals surface area contributed by atoms with Gasteiger partial charge in [0.1, 0.15) is 18.1 Å². The summed E-state index contributed by atoms with van der Waals surface area (Å²) in [6, 6.07) is 17.1. The van der Waals surface area contributed by atoms with Crippen LogP contribution >= 0.6 is 0 Å². The molecular weight excluding hydrogens is 366 g/mol. The SMILES string of the molecule is C=CCc1ccccc1OCc1ccc(-c2nc(-c3cccc(N)c3C)no2)o1. The Morgan fingerprint density at radius 2 is 1.97 bits per heavy atom. The number of furan rings is 1. The second kappa shape index (κ2) is 8.06. The Hall–Kier alpha value is -3.80. The average Bonchev–Trinajstić information content (AvgIpc) is 3.39. The maximum Gasteiger partial charge on any atom is 0.293 e. The van der Waals surface area contributed by atoms with Crippen molar-refractivity contribution in [1.82, 2.24) is 10.1 Å². The summed E-state index contributed by atoms with van der Waals surface area (Å²) in [5.74, 6) is 2.73. The minimum Gasteiger partial charge on any atom is -0.485 e. The van der Waals surface area contributed by atoms with Crippen molar-refractivity contribution in [3.63, 3.8) is 0 Å². The van der Waals surface area contributed by atoms with Gasteiger partial charge in [0.15, 0.2) is 5.76 Å². The van der Waals surface area contributed by atoms with Crippen molar-refractivity contribution in [3.8, 4) is 28.8 Å². The summed E-state index contributed by atoms with van der Waals surface area (Å²) in [6.07, 6.45) is 2.59. The molecule has 0 fully saturated rings. The third kappa shape index (κ3) is 3.91. The Morgan fingerprint density at radius 3 is 2.83 bits per heavy atom. The maximum atomic E-state index is 5.97. The minimum absolute atomic E-state index is 0.295. The summed E-state index contributed by atoms with van der Waals surface area (Å²) in [4.78, 5) is 4.44. The van der Waals surface area contributed by atoms with Gasteiger partial charge in [0.25, 0.3) is 5.89 Å². The fourth-order valence-electron chi connectivity index (χ4n) is 3.02. The zero-order valence-corrected chi connectivity index (χ0v) is 16.1. The van der Waals surface area contributed by atoms with Crippen LogP contribution in [0.1, 0.15) is 16.9 Å². The Labute approximate surface area is 168 Å². The molecule has 0 unspecified atom stereocenters. The molecule has 29 heavy (non-hydrogen) atoms. The van der Waals surface area contributed by atoms with E-state index in [1.54, 1.807) is 6.07 Å². The van der Waals surface area contributed by atoms with E-state index in [4.69, 9.17) is 19.4 Å². The minimum atomic E-state index is 0.295. The van der Waals surface area contributed by atoms with Crippen molar-refractivity contribution >= 4 is 5.69 Å². The number of benzene rings is 2. The Bertz CT molecular complexity index is 1140. The van der Waals surface area contributed by atoms with Crippen LogP contribution in [0.2, 0.25) is 0 Å². The molecule has 2 heterocycles. The third-order valence-electron chi connectivity index (χ3n) is 4.62. The van der Waals surface area contributed by atoms with Crippen LogP contribution in [0.3, 0.4) is 0 Å². The number of hydrogen-bond acceptors (Lipinski definition) is 6. The number of allylic oxidation sites excluding steroid dienone is 1. The summed E-state index contributed by atoms with van der Waals surface area (Å²) in [7, 11) is 0. The van der Waals surface area contributed by atoms with Gasteiger partial charge in [0.2, 0.25) is 5.82 Å². The van der Waals surface area contributed by atoms with Crippen LogP contribution in [0.5, 0.6) is 5.75 Å². The van der Waals surface area contributed by atoms with Gasteiger partial charge in [-0.25, -0.2) is 0 Å². The molecule has 2 aromatic heterocycles. The second-order valence-electron chi connectivity index (χ2n) is 6.60. The van der Waals surface area contributed by atoms with E-state index in [1.807, 2.05) is 61.5 Å². The maximum absolute atomic E-state index is 5.97. The molecule has 0 atom stereocenters. The van der Waals surface area contributed by atoms with Crippen molar-refractivity contribution in [2.75, 3.05) is 5.73 Å². The fourth-order valence-corrected chi connectivity index (χ4v) is 3.02. The van der Waals surface area contributed by atoms with Gasteiger partial charge < -0.3 is 19.4 Å². The van der Waals surface area contributed by atoms with E-state index >= 15 is 0 Å². The average molecular weight is 387 g/mol. The lowest BCUT2D eigenvalue weighted by Crippen LogP contribution is -1.97. The van der Waals surface area contributed by atoms with Crippen molar-refractivity contribution in [1.29, 1.82) is 0 Å². The number of para-hydroxylation sites is 1. The van der Waals surface area contributed by atoms with Crippen LogP contribution in [-0.4, -0.2) is 10.1 Å². The number of nitrogens with zero attached hydrogens (tertiary/aromatic N) is 2. The van der Waals surface area contributed by atoms with Crippen molar-refractivity contribution in [2.24, 2.45) is 0 Å². The topological polar surface area (TPSA) is 87.3 Å². The molecule has 0 saturated carbocycles. The summed E-state index contributed by atoms with van der Waals surface area (Å²) in [5, 5.41) is 4.06. The quantitative estimate of drug-likeness (QED) is 0.347. The van der Waals surface area contributed by atoms with Crippen molar-refractivity contribution in [3.05, 3.63) is 84.1 Å². The van der Waals surface area contributed by atoms with E-state index in [0.717, 1.165) is 28.9 Å². The first-order chi connectivity index (χ1) is 14.2. The lowest BCUT2D eigenvalue weighted by atomic mass is 10.1. The molecule has 0 aliphatic carbocycles. The fraction of sp³-hybridized carbons (Fsp3) is 0.130. The number of ether oxygens (including phenoxy) is 1. The van der Waals surface area contributed by atoms with Crippen LogP contribution in [0.15, 0.2) is 76.2 Å². The number of hydrogen-bond donors (Lipinski definition) is 1. The molecule has 0 radical (unpaired) electrons. The van der Waals surface area contributed by atoms with E-state index in [0.29, 0.717) is 35.5 Å². The highest BCUT2D eigenvalue weighted by Gasteiger charge is 2.16. The molecule has 0 spiro atoms. The summed E-state index contributed by atoms with van der Waals surface area (Å²) in [6.45, 7) is 6.00. The second-order valence-corrected chi connectivity index (χ2v) is 6.60. The molecule has 6 heteroatoms. The first kappa shape index (κ1) is 18.6. The predicted octanol–water partition coefficient (Wildman–Crippen LogP) is 5.19. The van der Waals surface area contributed by atoms with Crippen LogP contribution in [-0.2, 0) is 13.0 Å². The van der Waals surface area contributed by atoms with Gasteiger partial charge in [-0.05, 0) is 48.7 Å². The first-order valence-corrected chi connectivity index (χ1v) is 9.25. The molecule has 0 amide bonds. The molecule has 146 valence electrons. The molecule has 4 aromatic rings. The monoisotopic (exact) mass is 387 g/mol. The molecule has 0 aliphatic rings. The Balaban J connectivity index is 1.49. The lowest BCUT2D eigenvalue weighted by Gasteiger charge is -2.08. The van der Waals surface area contributed by atoms with Gasteiger partial charge in [0, 0.05) is 11.3 Å². The number of aromatic nitrogens is 2. The van der Waals surface area contributed by atoms with Crippen LogP contribution in [0.4, 0.5) is 5.69 Å². The number of nitrogens with two attached hydrogens (primary N) is 1. The number of rotatable bonds is 7. The smallest absolute Gasteiger partial charge is 0.293 e. The highest BCUT2D eigenvalue weighted by Crippen LogP contribution is 2.28. The Kier molecular flexibility index (Phi) is 5.16. The lowest BCUT2D eigenvalue weighted by molar-refractivity contribution is 0.268. The van der Waals surface area contributed by atoms with Crippen LogP contribution in [0, 0.1) is 6.92 Å². The Morgan fingerprint density at radius 1 is 1.10 bits per heavy atom. The van der Waals surface area contributed by atoms with E-state index in [9.17, 15) is 0 Å². The normalized spacial score (nSPS) is 10.8. The van der Waals surface area contributed by atoms with Crippen molar-refractivity contribution < 1.29 is 13.7 Å². The summed E-state index contributed by atoms with van der Waals surface area (Å²) in [5.41, 5.74) is 9.46. The molecule has 6 nitrogen and oxygen atoms in total. The van der Waals surface area contributed by atoms with E-state index in [1.165, 1.54) is 0 Å². The van der Waals surface area contributed by atoms with Crippen molar-refractivity contribution in [2.45, 2.75) is 20.0 Å². The van der Waals surface area contributed by atoms with Gasteiger partial charge in [-0.15, -0.1) is 6.58 Å². The van der Waals surface area contributed by atoms with E-state index < -0.39 is 0 Å². The highest BCUT2D eigenvalue weighted by atomic mass is 16.5. The zero-order valence-electron chi connectivity index (χ0n) is 16.1. The standard InChI is InChI=1S/C23H21N3O3/c1-3-7-16-8-4-5-11-20(16)27-14-17-12-13-21(28-17)23-25-22(26-29-23)18-9-6-10-19(24)15(18)2/h3-6,8-13H,1,7,14,24H2,2H3. The van der Waals surface area contributed by atoms with Gasteiger partial charge >= 0.3 is 0 Å². The van der Waals surface area contributed by atoms with Gasteiger partial charge in [-0.2, -0.15) is 4.98 Å². The predicted molar refractivity (Wildman–Crippen MR) is 111 cm³/mol. The number of anilines is 1. The van der Waals surface area contributed by atoms with Gasteiger partial charge in [0.05, 0.1) is 0 Å². The molecular formula is C23H21N3O3. The zero-order chi connectivity index (χ0) is 20.2. The van der Waals surface area contributed by atoms with Gasteiger partial charge in [-0.1, -0.05) is 41.6 Å². The molecule has 0 aliphatic heterocycles. The molecule has 2 N–H and O–H groups in total. The highest BCUT2D eigenvalue weighted by molar-refractivity contribution is 5.68. The van der Waals surface area contributed by atoms with E-state index in [-0.39, 0.29) is 0 Å². The molecule has 0 bridgehead atoms.